The van der Waals surface area contributed by atoms with Crippen LogP contribution in [0.4, 0.5) is 0 Å². The van der Waals surface area contributed by atoms with Crippen LogP contribution in [-0.2, 0) is 4.74 Å². The number of methoxy groups -OCH3 is 1. The summed E-state index contributed by atoms with van der Waals surface area (Å²) in [5, 5.41) is 0. The number of pyridine rings is 1. The zero-order chi connectivity index (χ0) is 10.4. The highest BCUT2D eigenvalue weighted by Crippen LogP contribution is 2.08. The maximum absolute atomic E-state index is 10.3. The molecule has 0 aliphatic heterocycles. The second kappa shape index (κ2) is 5.34. The summed E-state index contributed by atoms with van der Waals surface area (Å²) in [7, 11) is 1.63. The minimum atomic E-state index is 0.0424. The molecule has 0 saturated carbocycles. The van der Waals surface area contributed by atoms with Crippen molar-refractivity contribution >= 4 is 6.29 Å². The van der Waals surface area contributed by atoms with Crippen LogP contribution in [0, 0.1) is 0 Å². The van der Waals surface area contributed by atoms with Crippen molar-refractivity contribution in [2.24, 2.45) is 0 Å². The number of carbonyl (C=O) groups is 1. The number of hydrogen-bond acceptors (Lipinski definition) is 4. The first-order chi connectivity index (χ1) is 6.76. The Hall–Kier alpha value is -1.42. The molecule has 0 fully saturated rings. The highest BCUT2D eigenvalue weighted by molar-refractivity contribution is 5.71. The number of hydrogen-bond donors (Lipinski definition) is 0. The Balaban J connectivity index is 2.47. The van der Waals surface area contributed by atoms with E-state index >= 15 is 0 Å². The van der Waals surface area contributed by atoms with Gasteiger partial charge in [-0.1, -0.05) is 0 Å². The summed E-state index contributed by atoms with van der Waals surface area (Å²) >= 11 is 0. The molecule has 1 heterocycles. The molecule has 0 aliphatic rings. The van der Waals surface area contributed by atoms with Gasteiger partial charge >= 0.3 is 0 Å². The van der Waals surface area contributed by atoms with Crippen LogP contribution in [0.25, 0.3) is 0 Å². The molecule has 1 unspecified atom stereocenters. The number of rotatable bonds is 5. The molecule has 0 amide bonds. The van der Waals surface area contributed by atoms with E-state index in [4.69, 9.17) is 9.47 Å². The quantitative estimate of drug-likeness (QED) is 0.664. The van der Waals surface area contributed by atoms with E-state index in [1.165, 1.54) is 6.20 Å². The zero-order valence-electron chi connectivity index (χ0n) is 8.27. The van der Waals surface area contributed by atoms with E-state index in [0.29, 0.717) is 24.3 Å². The van der Waals surface area contributed by atoms with Crippen molar-refractivity contribution in [2.75, 3.05) is 13.7 Å². The van der Waals surface area contributed by atoms with Gasteiger partial charge in [0.1, 0.15) is 18.1 Å². The minimum Gasteiger partial charge on any atom is -0.489 e. The molecule has 14 heavy (non-hydrogen) atoms. The maximum Gasteiger partial charge on any atom is 0.168 e. The molecule has 0 aromatic carbocycles. The lowest BCUT2D eigenvalue weighted by atomic mass is 10.3. The van der Waals surface area contributed by atoms with Gasteiger partial charge < -0.3 is 9.47 Å². The molecule has 0 bridgehead atoms. The fraction of sp³-hybridized carbons (Fsp3) is 0.400. The van der Waals surface area contributed by atoms with Gasteiger partial charge in [-0.15, -0.1) is 0 Å². The maximum atomic E-state index is 10.3. The Kier molecular flexibility index (Phi) is 4.07. The van der Waals surface area contributed by atoms with Crippen LogP contribution in [-0.4, -0.2) is 31.1 Å². The molecular weight excluding hydrogens is 182 g/mol. The fourth-order valence-corrected chi connectivity index (χ4v) is 0.828. The van der Waals surface area contributed by atoms with Gasteiger partial charge in [-0.05, 0) is 19.1 Å². The summed E-state index contributed by atoms with van der Waals surface area (Å²) in [5.74, 6) is 0.638. The second-order valence-electron chi connectivity index (χ2n) is 2.89. The van der Waals surface area contributed by atoms with Crippen molar-refractivity contribution in [2.45, 2.75) is 13.0 Å². The molecule has 76 valence electrons. The lowest BCUT2D eigenvalue weighted by molar-refractivity contribution is 0.0715. The van der Waals surface area contributed by atoms with Gasteiger partial charge in [0.15, 0.2) is 6.29 Å². The van der Waals surface area contributed by atoms with Gasteiger partial charge in [0.25, 0.3) is 0 Å². The number of aromatic nitrogens is 1. The van der Waals surface area contributed by atoms with E-state index in [2.05, 4.69) is 4.98 Å². The normalized spacial score (nSPS) is 12.1. The van der Waals surface area contributed by atoms with Crippen LogP contribution in [0.1, 0.15) is 17.4 Å². The molecule has 4 nitrogen and oxygen atoms in total. The Bertz CT molecular complexity index is 284. The average Bonchev–Trinajstić information content (AvgIpc) is 2.26. The SMILES string of the molecule is COC(C)COc1ccc(C=O)nc1. The lowest BCUT2D eigenvalue weighted by Gasteiger charge is -2.10. The molecule has 1 aromatic rings. The Morgan fingerprint density at radius 3 is 2.86 bits per heavy atom. The minimum absolute atomic E-state index is 0.0424. The first kappa shape index (κ1) is 10.7. The molecule has 0 aliphatic carbocycles. The first-order valence-electron chi connectivity index (χ1n) is 4.33. The third kappa shape index (κ3) is 3.14. The Morgan fingerprint density at radius 2 is 2.36 bits per heavy atom. The van der Waals surface area contributed by atoms with Gasteiger partial charge in [-0.25, -0.2) is 4.98 Å². The van der Waals surface area contributed by atoms with E-state index in [1.807, 2.05) is 6.92 Å². The van der Waals surface area contributed by atoms with Gasteiger partial charge in [0.05, 0.1) is 12.3 Å². The molecule has 1 aromatic heterocycles. The van der Waals surface area contributed by atoms with Gasteiger partial charge in [0.2, 0.25) is 0 Å². The summed E-state index contributed by atoms with van der Waals surface area (Å²) in [6.07, 6.45) is 2.26. The van der Waals surface area contributed by atoms with Crippen LogP contribution >= 0.6 is 0 Å². The standard InChI is InChI=1S/C10H13NO3/c1-8(13-2)7-14-10-4-3-9(6-12)11-5-10/h3-6,8H,7H2,1-2H3. The van der Waals surface area contributed by atoms with Gasteiger partial charge in [0, 0.05) is 7.11 Å². The smallest absolute Gasteiger partial charge is 0.168 e. The molecule has 1 atom stereocenters. The molecule has 0 N–H and O–H groups in total. The average molecular weight is 195 g/mol. The predicted molar refractivity (Wildman–Crippen MR) is 51.6 cm³/mol. The lowest BCUT2D eigenvalue weighted by Crippen LogP contribution is -2.15. The first-order valence-corrected chi connectivity index (χ1v) is 4.33. The van der Waals surface area contributed by atoms with Crippen molar-refractivity contribution in [3.63, 3.8) is 0 Å². The largest absolute Gasteiger partial charge is 0.489 e. The van der Waals surface area contributed by atoms with Crippen molar-refractivity contribution in [3.8, 4) is 5.75 Å². The third-order valence-electron chi connectivity index (χ3n) is 1.77. The van der Waals surface area contributed by atoms with Crippen LogP contribution in [0.5, 0.6) is 5.75 Å². The monoisotopic (exact) mass is 195 g/mol. The van der Waals surface area contributed by atoms with Crippen LogP contribution in [0.15, 0.2) is 18.3 Å². The van der Waals surface area contributed by atoms with Crippen LogP contribution in [0.3, 0.4) is 0 Å². The van der Waals surface area contributed by atoms with Crippen molar-refractivity contribution < 1.29 is 14.3 Å². The third-order valence-corrected chi connectivity index (χ3v) is 1.77. The van der Waals surface area contributed by atoms with Crippen LogP contribution in [0.2, 0.25) is 0 Å². The van der Waals surface area contributed by atoms with Gasteiger partial charge in [-0.2, -0.15) is 0 Å². The topological polar surface area (TPSA) is 48.4 Å². The van der Waals surface area contributed by atoms with Gasteiger partial charge in [-0.3, -0.25) is 4.79 Å². The van der Waals surface area contributed by atoms with E-state index in [-0.39, 0.29) is 6.10 Å². The van der Waals surface area contributed by atoms with E-state index in [1.54, 1.807) is 19.2 Å². The van der Waals surface area contributed by atoms with Crippen molar-refractivity contribution in [1.82, 2.24) is 4.98 Å². The molecule has 0 radical (unpaired) electrons. The number of ether oxygens (including phenoxy) is 2. The summed E-state index contributed by atoms with van der Waals surface area (Å²) in [6.45, 7) is 2.38. The van der Waals surface area contributed by atoms with Crippen LogP contribution < -0.4 is 4.74 Å². The van der Waals surface area contributed by atoms with Crippen molar-refractivity contribution in [3.05, 3.63) is 24.0 Å². The summed E-state index contributed by atoms with van der Waals surface area (Å²) in [4.78, 5) is 14.2. The molecule has 0 saturated heterocycles. The molecule has 1 rings (SSSR count). The molecule has 4 heteroatoms. The van der Waals surface area contributed by atoms with E-state index in [0.717, 1.165) is 0 Å². The van der Waals surface area contributed by atoms with Crippen molar-refractivity contribution in [1.29, 1.82) is 0 Å². The Morgan fingerprint density at radius 1 is 1.57 bits per heavy atom. The fourth-order valence-electron chi connectivity index (χ4n) is 0.828. The van der Waals surface area contributed by atoms with E-state index in [9.17, 15) is 4.79 Å². The predicted octanol–water partition coefficient (Wildman–Crippen LogP) is 1.31. The summed E-state index contributed by atoms with van der Waals surface area (Å²) in [5.41, 5.74) is 0.400. The highest BCUT2D eigenvalue weighted by atomic mass is 16.5. The Labute approximate surface area is 82.9 Å². The molecular formula is C10H13NO3. The summed E-state index contributed by atoms with van der Waals surface area (Å²) in [6, 6.07) is 3.32. The number of aldehydes is 1. The summed E-state index contributed by atoms with van der Waals surface area (Å²) < 4.78 is 10.4. The number of nitrogens with zero attached hydrogens (tertiary/aromatic N) is 1. The highest BCUT2D eigenvalue weighted by Gasteiger charge is 2.00. The van der Waals surface area contributed by atoms with E-state index < -0.39 is 0 Å². The molecule has 0 spiro atoms. The second-order valence-corrected chi connectivity index (χ2v) is 2.89. The number of carbonyl (C=O) groups excluding carboxylic acids is 1. The zero-order valence-corrected chi connectivity index (χ0v) is 8.27.